The van der Waals surface area contributed by atoms with E-state index in [4.69, 9.17) is 0 Å². The molecule has 0 heterocycles. The Morgan fingerprint density at radius 3 is 2.57 bits per heavy atom. The van der Waals surface area contributed by atoms with E-state index in [1.807, 2.05) is 18.2 Å². The van der Waals surface area contributed by atoms with E-state index in [1.54, 1.807) is 6.08 Å². The predicted octanol–water partition coefficient (Wildman–Crippen LogP) is 3.92. The molecule has 0 saturated carbocycles. The van der Waals surface area contributed by atoms with Crippen LogP contribution in [-0.2, 0) is 6.42 Å². The van der Waals surface area contributed by atoms with Crippen LogP contribution in [0.1, 0.15) is 12.5 Å². The first-order valence-corrected chi connectivity index (χ1v) is 4.81. The van der Waals surface area contributed by atoms with E-state index in [0.717, 1.165) is 6.42 Å². The molecule has 0 aliphatic rings. The standard InChI is InChI=1S/C14H16/c1-3-4-6-9-13(2)12-14-10-7-5-8-11-14/h3-11H,1,12H2,2H3/b6-4-,13-9+. The molecule has 0 spiro atoms. The molecular formula is C14H16. The lowest BCUT2D eigenvalue weighted by Gasteiger charge is -1.99. The average molecular weight is 184 g/mol. The van der Waals surface area contributed by atoms with Crippen LogP contribution < -0.4 is 0 Å². The van der Waals surface area contributed by atoms with Crippen LogP contribution in [0.2, 0.25) is 0 Å². The van der Waals surface area contributed by atoms with Crippen LogP contribution in [0, 0.1) is 0 Å². The number of allylic oxidation sites excluding steroid dienone is 5. The lowest BCUT2D eigenvalue weighted by atomic mass is 10.1. The van der Waals surface area contributed by atoms with Gasteiger partial charge in [0, 0.05) is 0 Å². The summed E-state index contributed by atoms with van der Waals surface area (Å²) in [6, 6.07) is 10.5. The van der Waals surface area contributed by atoms with Crippen molar-refractivity contribution in [3.8, 4) is 0 Å². The van der Waals surface area contributed by atoms with Crippen molar-refractivity contribution in [3.63, 3.8) is 0 Å². The third-order valence-electron chi connectivity index (χ3n) is 1.95. The second kappa shape index (κ2) is 5.98. The molecule has 0 aromatic heterocycles. The van der Waals surface area contributed by atoms with E-state index in [0.29, 0.717) is 0 Å². The topological polar surface area (TPSA) is 0 Å². The minimum Gasteiger partial charge on any atom is -0.0991 e. The first kappa shape index (κ1) is 10.5. The maximum Gasteiger partial charge on any atom is -0.00668 e. The van der Waals surface area contributed by atoms with Gasteiger partial charge in [-0.15, -0.1) is 0 Å². The Hall–Kier alpha value is -1.56. The molecule has 0 aliphatic heterocycles. The Labute approximate surface area is 86.3 Å². The zero-order valence-electron chi connectivity index (χ0n) is 8.61. The molecule has 1 aromatic rings. The van der Waals surface area contributed by atoms with Crippen LogP contribution >= 0.6 is 0 Å². The minimum atomic E-state index is 1.02. The van der Waals surface area contributed by atoms with Crippen LogP contribution in [0.5, 0.6) is 0 Å². The van der Waals surface area contributed by atoms with Crippen LogP contribution in [-0.4, -0.2) is 0 Å². The van der Waals surface area contributed by atoms with Gasteiger partial charge in [-0.25, -0.2) is 0 Å². The van der Waals surface area contributed by atoms with Gasteiger partial charge in [-0.3, -0.25) is 0 Å². The fraction of sp³-hybridized carbons (Fsp3) is 0.143. The first-order valence-electron chi connectivity index (χ1n) is 4.81. The van der Waals surface area contributed by atoms with Crippen LogP contribution in [0.15, 0.2) is 66.8 Å². The van der Waals surface area contributed by atoms with E-state index in [9.17, 15) is 0 Å². The molecule has 0 nitrogen and oxygen atoms in total. The third kappa shape index (κ3) is 3.90. The maximum absolute atomic E-state index is 3.63. The highest BCUT2D eigenvalue weighted by Gasteiger charge is 1.91. The van der Waals surface area contributed by atoms with Crippen LogP contribution in [0.4, 0.5) is 0 Å². The molecule has 0 N–H and O–H groups in total. The average Bonchev–Trinajstić information content (AvgIpc) is 2.20. The summed E-state index contributed by atoms with van der Waals surface area (Å²) in [5.74, 6) is 0. The van der Waals surface area contributed by atoms with Crippen molar-refractivity contribution >= 4 is 0 Å². The molecule has 0 bridgehead atoms. The molecule has 0 unspecified atom stereocenters. The Balaban J connectivity index is 2.57. The summed E-state index contributed by atoms with van der Waals surface area (Å²) in [5, 5.41) is 0. The van der Waals surface area contributed by atoms with Crippen molar-refractivity contribution in [2.75, 3.05) is 0 Å². The minimum absolute atomic E-state index is 1.02. The highest BCUT2D eigenvalue weighted by atomic mass is 14.0. The number of hydrogen-bond acceptors (Lipinski definition) is 0. The van der Waals surface area contributed by atoms with Gasteiger partial charge in [0.05, 0.1) is 0 Å². The third-order valence-corrected chi connectivity index (χ3v) is 1.95. The van der Waals surface area contributed by atoms with Crippen molar-refractivity contribution in [3.05, 3.63) is 72.4 Å². The van der Waals surface area contributed by atoms with Gasteiger partial charge in [0.2, 0.25) is 0 Å². The summed E-state index contributed by atoms with van der Waals surface area (Å²) in [6.07, 6.45) is 8.88. The van der Waals surface area contributed by atoms with Gasteiger partial charge in [0.15, 0.2) is 0 Å². The molecule has 1 aromatic carbocycles. The molecule has 0 radical (unpaired) electrons. The second-order valence-corrected chi connectivity index (χ2v) is 3.30. The number of rotatable bonds is 4. The number of hydrogen-bond donors (Lipinski definition) is 0. The van der Waals surface area contributed by atoms with E-state index >= 15 is 0 Å². The van der Waals surface area contributed by atoms with Crippen LogP contribution in [0.3, 0.4) is 0 Å². The smallest absolute Gasteiger partial charge is 0.00668 e. The predicted molar refractivity (Wildman–Crippen MR) is 63.2 cm³/mol. The molecule has 0 atom stereocenters. The molecule has 1 rings (SSSR count). The van der Waals surface area contributed by atoms with E-state index < -0.39 is 0 Å². The summed E-state index contributed by atoms with van der Waals surface area (Å²) in [4.78, 5) is 0. The zero-order valence-corrected chi connectivity index (χ0v) is 8.61. The highest BCUT2D eigenvalue weighted by Crippen LogP contribution is 2.06. The Bertz CT molecular complexity index is 328. The normalized spacial score (nSPS) is 11.9. The quantitative estimate of drug-likeness (QED) is 0.622. The zero-order chi connectivity index (χ0) is 10.2. The Kier molecular flexibility index (Phi) is 4.49. The molecule has 72 valence electrons. The second-order valence-electron chi connectivity index (χ2n) is 3.30. The van der Waals surface area contributed by atoms with E-state index in [-0.39, 0.29) is 0 Å². The van der Waals surface area contributed by atoms with Gasteiger partial charge >= 0.3 is 0 Å². The number of benzene rings is 1. The van der Waals surface area contributed by atoms with E-state index in [2.05, 4.69) is 43.8 Å². The lowest BCUT2D eigenvalue weighted by molar-refractivity contribution is 1.14. The summed E-state index contributed by atoms with van der Waals surface area (Å²) in [6.45, 7) is 5.76. The van der Waals surface area contributed by atoms with E-state index in [1.165, 1.54) is 11.1 Å². The summed E-state index contributed by atoms with van der Waals surface area (Å²) in [7, 11) is 0. The maximum atomic E-state index is 3.63. The molecule has 0 heteroatoms. The SMILES string of the molecule is C=C/C=C\C=C(/C)Cc1ccccc1. The molecular weight excluding hydrogens is 168 g/mol. The van der Waals surface area contributed by atoms with Crippen molar-refractivity contribution < 1.29 is 0 Å². The molecule has 0 fully saturated rings. The van der Waals surface area contributed by atoms with Crippen molar-refractivity contribution in [1.82, 2.24) is 0 Å². The van der Waals surface area contributed by atoms with Gasteiger partial charge < -0.3 is 0 Å². The molecule has 0 amide bonds. The fourth-order valence-electron chi connectivity index (χ4n) is 1.28. The summed E-state index contributed by atoms with van der Waals surface area (Å²) in [5.41, 5.74) is 2.71. The largest absolute Gasteiger partial charge is 0.0991 e. The van der Waals surface area contributed by atoms with Gasteiger partial charge in [-0.1, -0.05) is 66.8 Å². The molecule has 0 aliphatic carbocycles. The summed E-state index contributed by atoms with van der Waals surface area (Å²) >= 11 is 0. The van der Waals surface area contributed by atoms with Gasteiger partial charge in [0.25, 0.3) is 0 Å². The fourth-order valence-corrected chi connectivity index (χ4v) is 1.28. The monoisotopic (exact) mass is 184 g/mol. The van der Waals surface area contributed by atoms with Crippen molar-refractivity contribution in [2.45, 2.75) is 13.3 Å². The van der Waals surface area contributed by atoms with Gasteiger partial charge in [-0.05, 0) is 18.9 Å². The highest BCUT2D eigenvalue weighted by molar-refractivity contribution is 5.23. The lowest BCUT2D eigenvalue weighted by Crippen LogP contribution is -1.84. The Morgan fingerprint density at radius 1 is 1.21 bits per heavy atom. The van der Waals surface area contributed by atoms with Gasteiger partial charge in [0.1, 0.15) is 0 Å². The Morgan fingerprint density at radius 2 is 1.93 bits per heavy atom. The van der Waals surface area contributed by atoms with Crippen molar-refractivity contribution in [2.24, 2.45) is 0 Å². The molecule has 0 saturated heterocycles. The van der Waals surface area contributed by atoms with Crippen LogP contribution in [0.25, 0.3) is 0 Å². The van der Waals surface area contributed by atoms with Gasteiger partial charge in [-0.2, -0.15) is 0 Å². The first-order chi connectivity index (χ1) is 6.83. The van der Waals surface area contributed by atoms with Crippen molar-refractivity contribution in [1.29, 1.82) is 0 Å². The molecule has 14 heavy (non-hydrogen) atoms. The summed E-state index contributed by atoms with van der Waals surface area (Å²) < 4.78 is 0.